The van der Waals surface area contributed by atoms with Crippen LogP contribution in [0.2, 0.25) is 0 Å². The number of nitrogens with zero attached hydrogens (tertiary/aromatic N) is 3. The van der Waals surface area contributed by atoms with Crippen LogP contribution in [0.25, 0.3) is 0 Å². The molecule has 1 aromatic rings. The van der Waals surface area contributed by atoms with Crippen molar-refractivity contribution in [3.63, 3.8) is 0 Å². The van der Waals surface area contributed by atoms with Crippen molar-refractivity contribution in [3.05, 3.63) is 42.7 Å². The molecule has 33 nitrogen and oxygen atoms in total. The van der Waals surface area contributed by atoms with Crippen LogP contribution >= 0.6 is 67.9 Å². The molecule has 19 N–H and O–H groups in total. The van der Waals surface area contributed by atoms with Gasteiger partial charge in [-0.05, 0) is 32.0 Å². The summed E-state index contributed by atoms with van der Waals surface area (Å²) in [4.78, 5) is 149. The predicted octanol–water partition coefficient (Wildman–Crippen LogP) is -0.0486. The molecular formula is C30H74N3O30P9. The molecule has 0 radical (unpaired) electrons. The molecule has 0 aromatic heterocycles. The maximum atomic E-state index is 10.8. The first kappa shape index (κ1) is 80.8. The lowest BCUT2D eigenvalue weighted by Crippen LogP contribution is -2.30. The lowest BCUT2D eigenvalue weighted by Gasteiger charge is -2.26. The predicted molar refractivity (Wildman–Crippen MR) is 266 cm³/mol. The van der Waals surface area contributed by atoms with Crippen molar-refractivity contribution in [2.24, 2.45) is 0 Å². The van der Waals surface area contributed by atoms with E-state index in [1.807, 2.05) is 37.3 Å². The van der Waals surface area contributed by atoms with E-state index in [9.17, 15) is 36.5 Å². The number of para-hydroxylation sites is 1. The second-order valence-electron chi connectivity index (χ2n) is 14.5. The summed E-state index contributed by atoms with van der Waals surface area (Å²) in [6.45, 7) is 10.6. The van der Waals surface area contributed by atoms with Gasteiger partial charge in [-0.15, -0.1) is 0 Å². The molecule has 0 amide bonds. The maximum Gasteiger partial charge on any atom is 0.366 e. The van der Waals surface area contributed by atoms with Gasteiger partial charge in [-0.25, -0.2) is 0 Å². The summed E-state index contributed by atoms with van der Waals surface area (Å²) < 4.78 is 99.2. The molecule has 72 heavy (non-hydrogen) atoms. The highest BCUT2D eigenvalue weighted by atomic mass is 31.2. The van der Waals surface area contributed by atoms with E-state index in [0.717, 1.165) is 17.1 Å². The summed E-state index contributed by atoms with van der Waals surface area (Å²) in [6, 6.07) is 9.71. The number of aliphatic hydroxyl groups is 2. The van der Waals surface area contributed by atoms with Crippen molar-refractivity contribution < 1.29 is 144 Å². The number of rotatable bonds is 27. The van der Waals surface area contributed by atoms with Crippen LogP contribution in [0.3, 0.4) is 0 Å². The van der Waals surface area contributed by atoms with Crippen molar-refractivity contribution in [2.75, 3.05) is 104 Å². The van der Waals surface area contributed by atoms with E-state index in [1.165, 1.54) is 4.90 Å². The van der Waals surface area contributed by atoms with Gasteiger partial charge in [0.15, 0.2) is 0 Å². The molecule has 1 aromatic carbocycles. The molecule has 0 bridgehead atoms. The highest BCUT2D eigenvalue weighted by Crippen LogP contribution is 2.67. The van der Waals surface area contributed by atoms with Gasteiger partial charge in [0, 0.05) is 39.3 Å². The first-order chi connectivity index (χ1) is 31.9. The molecule has 2 unspecified atom stereocenters. The first-order valence-electron chi connectivity index (χ1n) is 19.6. The molecule has 0 aliphatic carbocycles. The molecule has 0 saturated heterocycles. The average molecular weight is 1240 g/mol. The fourth-order valence-electron chi connectivity index (χ4n) is 3.85. The number of benzene rings is 1. The zero-order valence-corrected chi connectivity index (χ0v) is 47.9. The van der Waals surface area contributed by atoms with Crippen LogP contribution in [0, 0.1) is 0 Å². The van der Waals surface area contributed by atoms with Crippen LogP contribution in [0.15, 0.2) is 42.7 Å². The Morgan fingerprint density at radius 2 is 0.958 bits per heavy atom. The van der Waals surface area contributed by atoms with Crippen molar-refractivity contribution in [1.29, 1.82) is 0 Å². The highest BCUT2D eigenvalue weighted by Gasteiger charge is 2.52. The van der Waals surface area contributed by atoms with Crippen molar-refractivity contribution >= 4 is 74.2 Å². The Bertz CT molecular complexity index is 1950. The summed E-state index contributed by atoms with van der Waals surface area (Å²) in [5.41, 5.74) is 0. The number of aliphatic hydroxyl groups excluding tert-OH is 1. The monoisotopic (exact) mass is 1240 g/mol. The zero-order valence-electron chi connectivity index (χ0n) is 39.8. The second-order valence-corrected chi connectivity index (χ2v) is 31.1. The summed E-state index contributed by atoms with van der Waals surface area (Å²) in [6.07, 6.45) is -0.543. The van der Waals surface area contributed by atoms with Crippen LogP contribution in [0.1, 0.15) is 27.2 Å². The molecule has 0 heterocycles. The molecule has 0 saturated carbocycles. The minimum Gasteiger partial charge on any atom is -0.491 e. The van der Waals surface area contributed by atoms with E-state index < -0.39 is 104 Å². The Kier molecular flexibility index (Phi) is 42.3. The summed E-state index contributed by atoms with van der Waals surface area (Å²) in [5, 5.41) is 14.5. The minimum absolute atomic E-state index is 0.0657. The van der Waals surface area contributed by atoms with E-state index in [-0.39, 0.29) is 26.0 Å². The van der Waals surface area contributed by atoms with Gasteiger partial charge < -0.3 is 108 Å². The van der Waals surface area contributed by atoms with Crippen LogP contribution in [-0.2, 0) is 46.0 Å². The maximum absolute atomic E-state index is 10.8. The zero-order chi connectivity index (χ0) is 58.3. The Hall–Kier alpha value is -0.0600. The lowest BCUT2D eigenvalue weighted by atomic mass is 10.3. The van der Waals surface area contributed by atoms with Gasteiger partial charge in [0.05, 0.1) is 26.1 Å². The standard InChI is InChI=1S/C9H12O2.C7H19NO7P2.C5H14NO4P.C4H14NO8P3.C3H10O6P2.C2H5O3P/c1-10-7-8-11-9-5-3-2-4-6-9;1-2-4-15-5-3-8(6-16(9,10)11)7-17(12,13)14;1-2-6(3-4-7)5-11(8,9)10;1-14(6,7)2-5(3-15(8,9)10)4-16(11,12)13;1-3(4,10(2,5)6)11(7,8)9;1-2-6(3,4)5/h2-6H,7-8H2,1H3;2-7H2,1H3,(H2,9,10,11)(H2,12,13,14);7H,2-5H2,1H3,(H2,8,9,10);6-7H,1-4H2,(H2,8,9,10)(H2,11,12,13);4H,1-2H3,(H,5,6)(H2,7,8,9);2H,1H2,(H2,3,4,5). The van der Waals surface area contributed by atoms with Gasteiger partial charge >= 0.3 is 53.2 Å². The Balaban J connectivity index is -0.000000255. The number of likely N-dealkylation sites (N-methyl/N-ethyl adjacent to an activating group) is 1. The van der Waals surface area contributed by atoms with Crippen LogP contribution in [-0.4, -0.2) is 224 Å². The van der Waals surface area contributed by atoms with E-state index in [1.54, 1.807) is 14.0 Å². The van der Waals surface area contributed by atoms with Crippen molar-refractivity contribution in [1.82, 2.24) is 14.7 Å². The SMILES string of the molecule is C=CP(=O)(O)O.C=P(O)(O)CN(CP(=O)(O)O)CP(=O)(O)O.CC(O)(P(C)(=O)O)P(=O)(O)O.CCCOCCN(CP(=O)(O)O)CP(=O)(O)O.CCN(CCO)CP(=O)(O)O.COCCOc1ccccc1. The minimum atomic E-state index is -4.95. The average Bonchev–Trinajstić information content (AvgIpc) is 3.13. The third-order valence-corrected chi connectivity index (χ3v) is 16.7. The Morgan fingerprint density at radius 1 is 0.583 bits per heavy atom. The van der Waals surface area contributed by atoms with E-state index in [0.29, 0.717) is 57.2 Å². The molecule has 42 heteroatoms. The van der Waals surface area contributed by atoms with Gasteiger partial charge in [0.25, 0.3) is 0 Å². The van der Waals surface area contributed by atoms with Crippen molar-refractivity contribution in [3.8, 4) is 5.75 Å². The third kappa shape index (κ3) is 59.2. The van der Waals surface area contributed by atoms with Gasteiger partial charge in [-0.2, -0.15) is 0 Å². The molecule has 0 aliphatic heterocycles. The third-order valence-electron chi connectivity index (χ3n) is 6.99. The quantitative estimate of drug-likeness (QED) is 0.0406. The number of hydrogen-bond donors (Lipinski definition) is 19. The lowest BCUT2D eigenvalue weighted by molar-refractivity contribution is 0.111. The molecule has 0 aliphatic rings. The molecule has 0 fully saturated rings. The number of hydrogen-bond acceptors (Lipinski definition) is 18. The molecular weight excluding hydrogens is 1160 g/mol. The molecule has 2 atom stereocenters. The number of methoxy groups -OCH3 is 1. The molecule has 434 valence electrons. The Morgan fingerprint density at radius 3 is 1.22 bits per heavy atom. The molecule has 1 rings (SSSR count). The van der Waals surface area contributed by atoms with E-state index in [4.69, 9.17) is 108 Å². The van der Waals surface area contributed by atoms with E-state index in [2.05, 4.69) is 12.9 Å². The van der Waals surface area contributed by atoms with Gasteiger partial charge in [0.1, 0.15) is 51.1 Å². The van der Waals surface area contributed by atoms with Crippen LogP contribution in [0.4, 0.5) is 0 Å². The normalized spacial score (nSPS) is 14.3. The van der Waals surface area contributed by atoms with Gasteiger partial charge in [-0.1, -0.05) is 44.9 Å². The topological polar surface area (TPSA) is 558 Å². The van der Waals surface area contributed by atoms with Crippen LogP contribution in [0.5, 0.6) is 5.75 Å². The van der Waals surface area contributed by atoms with E-state index >= 15 is 0 Å². The molecule has 0 spiro atoms. The van der Waals surface area contributed by atoms with Gasteiger partial charge in [-0.3, -0.25) is 51.2 Å². The summed E-state index contributed by atoms with van der Waals surface area (Å²) in [5.74, 6) is 1.50. The summed E-state index contributed by atoms with van der Waals surface area (Å²) in [7, 11) is -36.7. The van der Waals surface area contributed by atoms with Gasteiger partial charge in [0.2, 0.25) is 12.5 Å². The van der Waals surface area contributed by atoms with Crippen molar-refractivity contribution in [2.45, 2.75) is 32.3 Å². The first-order valence-corrected chi connectivity index (χ1v) is 36.1. The summed E-state index contributed by atoms with van der Waals surface area (Å²) >= 11 is 0. The smallest absolute Gasteiger partial charge is 0.366 e. The van der Waals surface area contributed by atoms with Crippen LogP contribution < -0.4 is 4.74 Å². The second kappa shape index (κ2) is 37.7. The Labute approximate surface area is 416 Å². The largest absolute Gasteiger partial charge is 0.491 e. The highest BCUT2D eigenvalue weighted by molar-refractivity contribution is 7.74. The fourth-order valence-corrected chi connectivity index (χ4v) is 11.1. The fraction of sp³-hybridized carbons (Fsp3) is 0.700. The number of ether oxygens (including phenoxy) is 3.